The number of carbonyl (C=O) groups is 2. The van der Waals surface area contributed by atoms with Crippen molar-refractivity contribution in [1.29, 1.82) is 0 Å². The largest absolute Gasteiger partial charge is 0.496 e. The number of fused-ring (bicyclic) bond motifs is 3. The lowest BCUT2D eigenvalue weighted by Gasteiger charge is -2.32. The SMILES string of the molecule is COc1ccc(C=C(CNC(=O)OCC2c3ccccc3-c3ccccc32)B2OC(C)(C)C(C)(C)O2)cc1C(=O)O. The molecule has 0 radical (unpaired) electrons. The van der Waals surface area contributed by atoms with Gasteiger partial charge in [0.2, 0.25) is 0 Å². The summed E-state index contributed by atoms with van der Waals surface area (Å²) in [4.78, 5) is 24.7. The number of ether oxygens (including phenoxy) is 2. The second-order valence-electron chi connectivity index (χ2n) is 11.3. The lowest BCUT2D eigenvalue weighted by molar-refractivity contribution is 0.00578. The van der Waals surface area contributed by atoms with Gasteiger partial charge >= 0.3 is 19.2 Å². The zero-order chi connectivity index (χ0) is 29.4. The Hall–Kier alpha value is -4.08. The third kappa shape index (κ3) is 5.60. The van der Waals surface area contributed by atoms with E-state index in [0.29, 0.717) is 11.0 Å². The van der Waals surface area contributed by atoms with Crippen molar-refractivity contribution in [2.75, 3.05) is 20.3 Å². The summed E-state index contributed by atoms with van der Waals surface area (Å²) in [6, 6.07) is 21.2. The van der Waals surface area contributed by atoms with Gasteiger partial charge in [-0.3, -0.25) is 0 Å². The Kier molecular flexibility index (Phi) is 7.68. The number of nitrogens with one attached hydrogen (secondary N) is 1. The van der Waals surface area contributed by atoms with Crippen molar-refractivity contribution >= 4 is 25.3 Å². The quantitative estimate of drug-likeness (QED) is 0.331. The molecule has 2 N–H and O–H groups in total. The van der Waals surface area contributed by atoms with E-state index in [1.165, 1.54) is 13.2 Å². The minimum absolute atomic E-state index is 0.0269. The number of aromatic carboxylic acids is 1. The number of amides is 1. The Morgan fingerprint density at radius 3 is 2.10 bits per heavy atom. The lowest BCUT2D eigenvalue weighted by atomic mass is 9.77. The van der Waals surface area contributed by atoms with Gasteiger partial charge in [0.25, 0.3) is 0 Å². The van der Waals surface area contributed by atoms with Crippen molar-refractivity contribution in [2.45, 2.75) is 44.8 Å². The Morgan fingerprint density at radius 1 is 0.951 bits per heavy atom. The lowest BCUT2D eigenvalue weighted by Crippen LogP contribution is -2.41. The minimum atomic E-state index is -1.11. The van der Waals surface area contributed by atoms with Crippen LogP contribution in [0.4, 0.5) is 4.79 Å². The Labute approximate surface area is 240 Å². The Morgan fingerprint density at radius 2 is 1.54 bits per heavy atom. The Balaban J connectivity index is 1.34. The van der Waals surface area contributed by atoms with Crippen LogP contribution < -0.4 is 10.1 Å². The van der Waals surface area contributed by atoms with E-state index in [9.17, 15) is 14.7 Å². The summed E-state index contributed by atoms with van der Waals surface area (Å²) in [5.41, 5.74) is 4.60. The van der Waals surface area contributed by atoms with E-state index >= 15 is 0 Å². The fraction of sp³-hybridized carbons (Fsp3) is 0.312. The van der Waals surface area contributed by atoms with E-state index in [4.69, 9.17) is 18.8 Å². The third-order valence-electron chi connectivity index (χ3n) is 8.14. The molecule has 0 spiro atoms. The summed E-state index contributed by atoms with van der Waals surface area (Å²) >= 11 is 0. The summed E-state index contributed by atoms with van der Waals surface area (Å²) in [6.45, 7) is 8.04. The van der Waals surface area contributed by atoms with E-state index in [2.05, 4.69) is 29.6 Å². The molecule has 3 aromatic carbocycles. The fourth-order valence-electron chi connectivity index (χ4n) is 5.22. The molecule has 0 unspecified atom stereocenters. The summed E-state index contributed by atoms with van der Waals surface area (Å²) in [6.07, 6.45) is 1.19. The first-order valence-corrected chi connectivity index (χ1v) is 13.6. The number of methoxy groups -OCH3 is 1. The first kappa shape index (κ1) is 28.5. The van der Waals surface area contributed by atoms with Crippen molar-refractivity contribution < 1.29 is 33.5 Å². The maximum absolute atomic E-state index is 12.9. The molecule has 3 aromatic rings. The van der Waals surface area contributed by atoms with E-state index < -0.39 is 30.4 Å². The summed E-state index contributed by atoms with van der Waals surface area (Å²) < 4.78 is 23.4. The number of rotatable bonds is 8. The van der Waals surface area contributed by atoms with Crippen LogP contribution in [-0.2, 0) is 14.0 Å². The van der Waals surface area contributed by atoms with Gasteiger partial charge in [-0.1, -0.05) is 60.7 Å². The molecule has 0 aromatic heterocycles. The molecule has 1 saturated heterocycles. The van der Waals surface area contributed by atoms with E-state index in [1.54, 1.807) is 18.2 Å². The normalized spacial score (nSPS) is 17.1. The predicted octanol–water partition coefficient (Wildman–Crippen LogP) is 5.95. The average Bonchev–Trinajstić information content (AvgIpc) is 3.38. The molecule has 5 rings (SSSR count). The highest BCUT2D eigenvalue weighted by atomic mass is 16.7. The smallest absolute Gasteiger partial charge is 0.492 e. The van der Waals surface area contributed by atoms with E-state index in [-0.39, 0.29) is 30.4 Å². The van der Waals surface area contributed by atoms with Crippen molar-refractivity contribution in [3.63, 3.8) is 0 Å². The molecular weight excluding hydrogens is 521 g/mol. The van der Waals surface area contributed by atoms with Crippen LogP contribution in [0.2, 0.25) is 0 Å². The van der Waals surface area contributed by atoms with Gasteiger partial charge < -0.3 is 29.2 Å². The molecule has 9 heteroatoms. The molecule has 41 heavy (non-hydrogen) atoms. The topological polar surface area (TPSA) is 103 Å². The van der Waals surface area contributed by atoms with Crippen LogP contribution in [-0.4, -0.2) is 55.8 Å². The van der Waals surface area contributed by atoms with Crippen LogP contribution >= 0.6 is 0 Å². The molecule has 0 bridgehead atoms. The molecule has 0 atom stereocenters. The van der Waals surface area contributed by atoms with Crippen molar-refractivity contribution in [1.82, 2.24) is 5.32 Å². The number of hydrogen-bond donors (Lipinski definition) is 2. The summed E-state index contributed by atoms with van der Waals surface area (Å²) in [5.74, 6) is -0.908. The number of hydrogen-bond acceptors (Lipinski definition) is 6. The second-order valence-corrected chi connectivity index (χ2v) is 11.3. The maximum atomic E-state index is 12.9. The highest BCUT2D eigenvalue weighted by Crippen LogP contribution is 2.44. The Bertz CT molecular complexity index is 1450. The van der Waals surface area contributed by atoms with Gasteiger partial charge in [0.1, 0.15) is 17.9 Å². The molecule has 1 aliphatic carbocycles. The van der Waals surface area contributed by atoms with Gasteiger partial charge in [-0.25, -0.2) is 9.59 Å². The third-order valence-corrected chi connectivity index (χ3v) is 8.14. The van der Waals surface area contributed by atoms with E-state index in [1.807, 2.05) is 52.0 Å². The second kappa shape index (κ2) is 11.1. The van der Waals surface area contributed by atoms with Crippen LogP contribution in [0.5, 0.6) is 5.75 Å². The maximum Gasteiger partial charge on any atom is 0.492 e. The van der Waals surface area contributed by atoms with Gasteiger partial charge in [-0.2, -0.15) is 0 Å². The molecule has 1 heterocycles. The van der Waals surface area contributed by atoms with Crippen LogP contribution in [0.15, 0.2) is 72.2 Å². The zero-order valence-electron chi connectivity index (χ0n) is 23.9. The molecular formula is C32H34BNO7. The number of carboxylic acids is 1. The highest BCUT2D eigenvalue weighted by molar-refractivity contribution is 6.56. The number of benzene rings is 3. The molecule has 2 aliphatic rings. The molecule has 0 saturated carbocycles. The van der Waals surface area contributed by atoms with E-state index in [0.717, 1.165) is 22.3 Å². The molecule has 1 fully saturated rings. The van der Waals surface area contributed by atoms with Crippen molar-refractivity contribution in [2.24, 2.45) is 0 Å². The van der Waals surface area contributed by atoms with Crippen LogP contribution in [0.25, 0.3) is 17.2 Å². The van der Waals surface area contributed by atoms with Crippen LogP contribution in [0, 0.1) is 0 Å². The van der Waals surface area contributed by atoms with Crippen molar-refractivity contribution in [3.8, 4) is 16.9 Å². The average molecular weight is 555 g/mol. The molecule has 1 amide bonds. The first-order valence-electron chi connectivity index (χ1n) is 13.6. The number of carbonyl (C=O) groups excluding carboxylic acids is 1. The van der Waals surface area contributed by atoms with Gasteiger partial charge in [0.05, 0.1) is 18.3 Å². The number of alkyl carbamates (subject to hydrolysis) is 1. The molecule has 1 aliphatic heterocycles. The first-order chi connectivity index (χ1) is 19.5. The summed E-state index contributed by atoms with van der Waals surface area (Å²) in [7, 11) is 0.662. The summed E-state index contributed by atoms with van der Waals surface area (Å²) in [5, 5.41) is 12.5. The predicted molar refractivity (Wildman–Crippen MR) is 157 cm³/mol. The van der Waals surface area contributed by atoms with Gasteiger partial charge in [0, 0.05) is 12.5 Å². The minimum Gasteiger partial charge on any atom is -0.496 e. The fourth-order valence-corrected chi connectivity index (χ4v) is 5.22. The highest BCUT2D eigenvalue weighted by Gasteiger charge is 2.52. The van der Waals surface area contributed by atoms with Gasteiger partial charge in [-0.05, 0) is 73.1 Å². The standard InChI is InChI=1S/C32H34BNO7/c1-31(2)32(3,4)41-33(40-31)21(16-20-14-15-28(38-5)26(17-20)29(35)36)18-34-30(37)39-19-27-24-12-8-6-10-22(24)23-11-7-9-13-25(23)27/h6-17,27H,18-19H2,1-5H3,(H,34,37)(H,35,36). The number of carboxylic acid groups (broad SMARTS) is 1. The monoisotopic (exact) mass is 555 g/mol. The molecule has 212 valence electrons. The van der Waals surface area contributed by atoms with Gasteiger partial charge in [-0.15, -0.1) is 0 Å². The van der Waals surface area contributed by atoms with Crippen molar-refractivity contribution in [3.05, 3.63) is 94.5 Å². The van der Waals surface area contributed by atoms with Crippen LogP contribution in [0.3, 0.4) is 0 Å². The van der Waals surface area contributed by atoms with Crippen LogP contribution in [0.1, 0.15) is 60.7 Å². The van der Waals surface area contributed by atoms with Gasteiger partial charge in [0.15, 0.2) is 0 Å². The zero-order valence-corrected chi connectivity index (χ0v) is 23.9. The molecule has 8 nitrogen and oxygen atoms in total.